The van der Waals surface area contributed by atoms with Crippen molar-refractivity contribution < 1.29 is 13.2 Å². The summed E-state index contributed by atoms with van der Waals surface area (Å²) in [5.74, 6) is 0. The fourth-order valence-corrected chi connectivity index (χ4v) is 1.69. The molecule has 1 aromatic carbocycles. The van der Waals surface area contributed by atoms with Crippen LogP contribution in [0.15, 0.2) is 35.5 Å². The third kappa shape index (κ3) is 2.57. The summed E-state index contributed by atoms with van der Waals surface area (Å²) in [6.07, 6.45) is -3.18. The third-order valence-corrected chi connectivity index (χ3v) is 2.75. The number of aliphatic imine (C=N–C) groups is 1. The minimum atomic E-state index is -4.67. The first-order valence-corrected chi connectivity index (χ1v) is 5.50. The van der Waals surface area contributed by atoms with Crippen LogP contribution in [0.2, 0.25) is 5.02 Å². The Morgan fingerprint density at radius 1 is 1.22 bits per heavy atom. The highest BCUT2D eigenvalue weighted by atomic mass is 35.5. The van der Waals surface area contributed by atoms with Crippen molar-refractivity contribution in [1.29, 1.82) is 0 Å². The molecule has 2 rings (SSSR count). The highest BCUT2D eigenvalue weighted by molar-refractivity contribution is 6.67. The van der Waals surface area contributed by atoms with Crippen molar-refractivity contribution in [2.75, 3.05) is 0 Å². The van der Waals surface area contributed by atoms with E-state index in [1.807, 2.05) is 0 Å². The quantitative estimate of drug-likeness (QED) is 0.698. The number of hydrogen-bond acceptors (Lipinski definition) is 2. The van der Waals surface area contributed by atoms with Gasteiger partial charge < -0.3 is 0 Å². The van der Waals surface area contributed by atoms with E-state index >= 15 is 0 Å². The molecule has 94 valence electrons. The van der Waals surface area contributed by atoms with Crippen molar-refractivity contribution in [2.45, 2.75) is 6.18 Å². The van der Waals surface area contributed by atoms with Gasteiger partial charge in [0.1, 0.15) is 0 Å². The molecule has 7 heteroatoms. The third-order valence-electron chi connectivity index (χ3n) is 2.15. The molecule has 2 nitrogen and oxygen atoms in total. The number of pyridine rings is 1. The number of hydrogen-bond donors (Lipinski definition) is 0. The van der Waals surface area contributed by atoms with E-state index in [0.717, 1.165) is 0 Å². The van der Waals surface area contributed by atoms with Crippen molar-refractivity contribution in [3.63, 3.8) is 0 Å². The Morgan fingerprint density at radius 3 is 2.61 bits per heavy atom. The van der Waals surface area contributed by atoms with Crippen molar-refractivity contribution in [2.24, 2.45) is 4.99 Å². The number of aromatic nitrogens is 1. The van der Waals surface area contributed by atoms with E-state index in [4.69, 9.17) is 23.2 Å². The summed E-state index contributed by atoms with van der Waals surface area (Å²) >= 11 is 11.0. The van der Waals surface area contributed by atoms with E-state index in [-0.39, 0.29) is 5.69 Å². The summed E-state index contributed by atoms with van der Waals surface area (Å²) in [5.41, 5.74) is 0.455. The van der Waals surface area contributed by atoms with Gasteiger partial charge in [0.15, 0.2) is 0 Å². The van der Waals surface area contributed by atoms with Gasteiger partial charge in [-0.15, -0.1) is 0 Å². The van der Waals surface area contributed by atoms with Crippen LogP contribution in [0, 0.1) is 0 Å². The second-order valence-corrected chi connectivity index (χ2v) is 4.13. The van der Waals surface area contributed by atoms with E-state index in [9.17, 15) is 13.2 Å². The number of rotatable bonds is 1. The van der Waals surface area contributed by atoms with Crippen LogP contribution in [0.5, 0.6) is 0 Å². The molecule has 0 saturated carbocycles. The van der Waals surface area contributed by atoms with Gasteiger partial charge in [0.05, 0.1) is 16.2 Å². The molecule has 2 aromatic rings. The summed E-state index contributed by atoms with van der Waals surface area (Å²) in [6, 6.07) is 5.95. The summed E-state index contributed by atoms with van der Waals surface area (Å²) < 4.78 is 36.9. The molecule has 1 heterocycles. The largest absolute Gasteiger partial charge is 0.444 e. The fourth-order valence-electron chi connectivity index (χ4n) is 1.39. The topological polar surface area (TPSA) is 25.2 Å². The molecular formula is C11H5Cl2F3N2. The highest BCUT2D eigenvalue weighted by Gasteiger charge is 2.34. The van der Waals surface area contributed by atoms with Crippen LogP contribution in [0.4, 0.5) is 18.9 Å². The van der Waals surface area contributed by atoms with E-state index < -0.39 is 11.3 Å². The Kier molecular flexibility index (Phi) is 3.45. The average molecular weight is 293 g/mol. The first kappa shape index (κ1) is 13.1. The van der Waals surface area contributed by atoms with Gasteiger partial charge in [-0.05, 0) is 24.3 Å². The highest BCUT2D eigenvalue weighted by Crippen LogP contribution is 2.32. The molecule has 0 N–H and O–H groups in total. The Bertz CT molecular complexity index is 623. The molecule has 1 aromatic heterocycles. The van der Waals surface area contributed by atoms with E-state index in [1.54, 1.807) is 12.1 Å². The second kappa shape index (κ2) is 4.74. The maximum atomic E-state index is 12.3. The van der Waals surface area contributed by atoms with E-state index in [0.29, 0.717) is 15.9 Å². The van der Waals surface area contributed by atoms with Crippen molar-refractivity contribution in [3.8, 4) is 0 Å². The first-order chi connectivity index (χ1) is 8.39. The average Bonchev–Trinajstić information content (AvgIpc) is 2.32. The van der Waals surface area contributed by atoms with Crippen molar-refractivity contribution in [3.05, 3.63) is 35.5 Å². The SMILES string of the molecule is FC(F)(F)C(Cl)=Nc1ccc(Cl)c2ncccc12. The first-order valence-electron chi connectivity index (χ1n) is 4.74. The van der Waals surface area contributed by atoms with Crippen molar-refractivity contribution in [1.82, 2.24) is 4.98 Å². The van der Waals surface area contributed by atoms with Gasteiger partial charge in [0.25, 0.3) is 0 Å². The number of nitrogens with zero attached hydrogens (tertiary/aromatic N) is 2. The molecule has 0 atom stereocenters. The second-order valence-electron chi connectivity index (χ2n) is 3.37. The monoisotopic (exact) mass is 292 g/mol. The number of fused-ring (bicyclic) bond motifs is 1. The molecule has 0 fully saturated rings. The summed E-state index contributed by atoms with van der Waals surface area (Å²) in [4.78, 5) is 7.34. The molecular weight excluding hydrogens is 288 g/mol. The minimum Gasteiger partial charge on any atom is -0.255 e. The van der Waals surface area contributed by atoms with Gasteiger partial charge in [0, 0.05) is 11.6 Å². The summed E-state index contributed by atoms with van der Waals surface area (Å²) in [6.45, 7) is 0. The van der Waals surface area contributed by atoms with Gasteiger partial charge in [-0.2, -0.15) is 13.2 Å². The zero-order chi connectivity index (χ0) is 13.3. The molecule has 0 spiro atoms. The lowest BCUT2D eigenvalue weighted by Gasteiger charge is -2.06. The molecule has 0 aliphatic heterocycles. The molecule has 0 bridgehead atoms. The van der Waals surface area contributed by atoms with Crippen LogP contribution < -0.4 is 0 Å². The van der Waals surface area contributed by atoms with Gasteiger partial charge >= 0.3 is 6.18 Å². The van der Waals surface area contributed by atoms with Gasteiger partial charge in [0.2, 0.25) is 5.17 Å². The van der Waals surface area contributed by atoms with Crippen LogP contribution >= 0.6 is 23.2 Å². The predicted octanol–water partition coefficient (Wildman–Crippen LogP) is 4.72. The number of benzene rings is 1. The molecule has 0 aliphatic rings. The molecule has 0 amide bonds. The lowest BCUT2D eigenvalue weighted by atomic mass is 10.2. The Hall–Kier alpha value is -1.33. The Balaban J connectivity index is 2.63. The Labute approximate surface area is 110 Å². The van der Waals surface area contributed by atoms with Gasteiger partial charge in [-0.1, -0.05) is 23.2 Å². The van der Waals surface area contributed by atoms with E-state index in [2.05, 4.69) is 9.98 Å². The number of halogens is 5. The predicted molar refractivity (Wildman–Crippen MR) is 65.8 cm³/mol. The molecule has 0 saturated heterocycles. The maximum Gasteiger partial charge on any atom is 0.444 e. The van der Waals surface area contributed by atoms with Crippen LogP contribution in [0.25, 0.3) is 10.9 Å². The minimum absolute atomic E-state index is 0.0739. The Morgan fingerprint density at radius 2 is 1.94 bits per heavy atom. The fraction of sp³-hybridized carbons (Fsp3) is 0.0909. The summed E-state index contributed by atoms with van der Waals surface area (Å²) in [5, 5.41) is -0.685. The molecule has 0 unspecified atom stereocenters. The lowest BCUT2D eigenvalue weighted by molar-refractivity contribution is -0.0558. The van der Waals surface area contributed by atoms with Crippen molar-refractivity contribution >= 4 is 45.0 Å². The molecule has 0 radical (unpaired) electrons. The van der Waals surface area contributed by atoms with Crippen LogP contribution in [-0.2, 0) is 0 Å². The zero-order valence-electron chi connectivity index (χ0n) is 8.67. The smallest absolute Gasteiger partial charge is 0.255 e. The van der Waals surface area contributed by atoms with Gasteiger partial charge in [-0.25, -0.2) is 4.99 Å². The molecule has 0 aliphatic carbocycles. The standard InChI is InChI=1S/C11H5Cl2F3N2/c12-7-3-4-8(18-10(13)11(14,15)16)6-2-1-5-17-9(6)7/h1-5H. The maximum absolute atomic E-state index is 12.3. The molecule has 18 heavy (non-hydrogen) atoms. The number of alkyl halides is 3. The van der Waals surface area contributed by atoms with Crippen LogP contribution in [0.3, 0.4) is 0 Å². The van der Waals surface area contributed by atoms with Crippen LogP contribution in [-0.4, -0.2) is 16.3 Å². The lowest BCUT2D eigenvalue weighted by Crippen LogP contribution is -2.16. The normalized spacial score (nSPS) is 13.1. The summed E-state index contributed by atoms with van der Waals surface area (Å²) in [7, 11) is 0. The van der Waals surface area contributed by atoms with Crippen LogP contribution in [0.1, 0.15) is 0 Å². The van der Waals surface area contributed by atoms with Gasteiger partial charge in [-0.3, -0.25) is 4.98 Å². The van der Waals surface area contributed by atoms with E-state index in [1.165, 1.54) is 18.3 Å². The zero-order valence-corrected chi connectivity index (χ0v) is 10.2.